The molecule has 7 nitrogen and oxygen atoms in total. The van der Waals surface area contributed by atoms with Crippen LogP contribution in [0, 0.1) is 11.6 Å². The molecule has 0 saturated carbocycles. The molecule has 9 heteroatoms. The van der Waals surface area contributed by atoms with E-state index in [1.165, 1.54) is 12.1 Å². The summed E-state index contributed by atoms with van der Waals surface area (Å²) in [5, 5.41) is 16.9. The van der Waals surface area contributed by atoms with Crippen molar-refractivity contribution in [1.82, 2.24) is 19.8 Å². The number of aliphatic hydroxyl groups is 1. The number of anilines is 1. The van der Waals surface area contributed by atoms with Crippen LogP contribution in [0.2, 0.25) is 0 Å². The average molecular weight is 470 g/mol. The highest BCUT2D eigenvalue weighted by molar-refractivity contribution is 6.01. The fourth-order valence-corrected chi connectivity index (χ4v) is 5.06. The fourth-order valence-electron chi connectivity index (χ4n) is 5.06. The van der Waals surface area contributed by atoms with Gasteiger partial charge in [0.1, 0.15) is 11.6 Å². The Bertz CT molecular complexity index is 1180. The van der Waals surface area contributed by atoms with Gasteiger partial charge in [-0.25, -0.2) is 13.3 Å². The largest absolute Gasteiger partial charge is 0.393 e. The molecule has 0 bridgehead atoms. The number of aromatic nitrogens is 2. The van der Waals surface area contributed by atoms with E-state index < -0.39 is 11.6 Å². The van der Waals surface area contributed by atoms with E-state index in [0.29, 0.717) is 23.2 Å². The van der Waals surface area contributed by atoms with Gasteiger partial charge in [-0.05, 0) is 56.0 Å². The summed E-state index contributed by atoms with van der Waals surface area (Å²) < 4.78 is 30.0. The van der Waals surface area contributed by atoms with E-state index in [2.05, 4.69) is 20.2 Å². The number of nitrogens with zero attached hydrogens (tertiary/aromatic N) is 4. The molecular formula is C25H29F2N5O2. The van der Waals surface area contributed by atoms with Gasteiger partial charge in [0.25, 0.3) is 5.91 Å². The Kier molecular flexibility index (Phi) is 6.47. The summed E-state index contributed by atoms with van der Waals surface area (Å²) >= 11 is 0. The molecule has 0 radical (unpaired) electrons. The van der Waals surface area contributed by atoms with Crippen LogP contribution < -0.4 is 10.2 Å². The maximum atomic E-state index is 14.5. The second kappa shape index (κ2) is 9.68. The molecule has 0 unspecified atom stereocenters. The van der Waals surface area contributed by atoms with Crippen LogP contribution in [0.25, 0.3) is 5.52 Å². The van der Waals surface area contributed by atoms with Gasteiger partial charge in [0.2, 0.25) is 0 Å². The van der Waals surface area contributed by atoms with Gasteiger partial charge in [0.05, 0.1) is 29.4 Å². The molecule has 4 heterocycles. The zero-order valence-corrected chi connectivity index (χ0v) is 19.0. The lowest BCUT2D eigenvalue weighted by molar-refractivity contribution is 0.0805. The first-order valence-corrected chi connectivity index (χ1v) is 11.9. The predicted molar refractivity (Wildman–Crippen MR) is 125 cm³/mol. The molecular weight excluding hydrogens is 440 g/mol. The normalized spacial score (nSPS) is 19.7. The van der Waals surface area contributed by atoms with Crippen molar-refractivity contribution >= 4 is 17.1 Å². The van der Waals surface area contributed by atoms with Gasteiger partial charge in [-0.3, -0.25) is 4.79 Å². The van der Waals surface area contributed by atoms with Gasteiger partial charge in [-0.15, -0.1) is 0 Å². The molecule has 2 fully saturated rings. The standard InChI is InChI=1S/C25H29F2N5O2/c26-17-3-4-22(27)20(14-17)23-2-1-9-31(23)18-5-12-32-24(15-18)21(16-29-32)25(34)28-8-13-30-10-6-19(33)7-11-30/h3-5,12,14-16,19,23,33H,1-2,6-11,13H2,(H,28,34)/t23-/m1/s1. The molecule has 1 atom stereocenters. The van der Waals surface area contributed by atoms with Crippen LogP contribution in [-0.4, -0.2) is 64.4 Å². The van der Waals surface area contributed by atoms with Gasteiger partial charge in [0.15, 0.2) is 0 Å². The van der Waals surface area contributed by atoms with Crippen LogP contribution in [0.4, 0.5) is 14.5 Å². The Morgan fingerprint density at radius 2 is 1.94 bits per heavy atom. The number of nitrogens with one attached hydrogen (secondary N) is 1. The van der Waals surface area contributed by atoms with Gasteiger partial charge < -0.3 is 20.2 Å². The third kappa shape index (κ3) is 4.63. The van der Waals surface area contributed by atoms with Crippen molar-refractivity contribution in [3.8, 4) is 0 Å². The molecule has 1 amide bonds. The highest BCUT2D eigenvalue weighted by Crippen LogP contribution is 2.38. The lowest BCUT2D eigenvalue weighted by Crippen LogP contribution is -2.40. The molecule has 1 aromatic carbocycles. The molecule has 3 aromatic rings. The van der Waals surface area contributed by atoms with E-state index in [0.717, 1.165) is 63.6 Å². The van der Waals surface area contributed by atoms with Gasteiger partial charge >= 0.3 is 0 Å². The molecule has 34 heavy (non-hydrogen) atoms. The first-order chi connectivity index (χ1) is 16.5. The fraction of sp³-hybridized carbons (Fsp3) is 0.440. The third-order valence-electron chi connectivity index (χ3n) is 6.92. The minimum atomic E-state index is -0.450. The molecule has 2 aliphatic rings. The number of likely N-dealkylation sites (tertiary alicyclic amines) is 1. The number of halogens is 2. The maximum absolute atomic E-state index is 14.5. The van der Waals surface area contributed by atoms with Crippen LogP contribution in [0.5, 0.6) is 0 Å². The molecule has 5 rings (SSSR count). The van der Waals surface area contributed by atoms with Crippen molar-refractivity contribution in [1.29, 1.82) is 0 Å². The summed E-state index contributed by atoms with van der Waals surface area (Å²) in [5.74, 6) is -1.06. The SMILES string of the molecule is O=C(NCCN1CCC(O)CC1)c1cnn2ccc(N3CCC[C@@H]3c3cc(F)ccc3F)cc12. The first-order valence-electron chi connectivity index (χ1n) is 11.9. The molecule has 2 aromatic heterocycles. The van der Waals surface area contributed by atoms with Crippen molar-refractivity contribution in [3.63, 3.8) is 0 Å². The first kappa shape index (κ1) is 22.7. The minimum absolute atomic E-state index is 0.196. The highest BCUT2D eigenvalue weighted by atomic mass is 19.1. The van der Waals surface area contributed by atoms with Crippen molar-refractivity contribution in [2.75, 3.05) is 37.6 Å². The van der Waals surface area contributed by atoms with E-state index in [4.69, 9.17) is 0 Å². The number of pyridine rings is 1. The summed E-state index contributed by atoms with van der Waals surface area (Å²) in [4.78, 5) is 17.2. The Morgan fingerprint density at radius 3 is 2.76 bits per heavy atom. The summed E-state index contributed by atoms with van der Waals surface area (Å²) in [7, 11) is 0. The Morgan fingerprint density at radius 1 is 1.12 bits per heavy atom. The van der Waals surface area contributed by atoms with E-state index in [1.807, 2.05) is 12.1 Å². The van der Waals surface area contributed by atoms with Gasteiger partial charge in [0, 0.05) is 50.2 Å². The topological polar surface area (TPSA) is 73.1 Å². The molecule has 180 valence electrons. The maximum Gasteiger partial charge on any atom is 0.255 e. The van der Waals surface area contributed by atoms with Crippen LogP contribution in [0.3, 0.4) is 0 Å². The summed E-state index contributed by atoms with van der Waals surface area (Å²) in [6, 6.07) is 7.11. The lowest BCUT2D eigenvalue weighted by atomic mass is 10.0. The summed E-state index contributed by atoms with van der Waals surface area (Å²) in [5.41, 5.74) is 2.35. The molecule has 0 aliphatic carbocycles. The zero-order valence-electron chi connectivity index (χ0n) is 19.0. The van der Waals surface area contributed by atoms with E-state index in [1.54, 1.807) is 16.9 Å². The number of benzene rings is 1. The highest BCUT2D eigenvalue weighted by Gasteiger charge is 2.29. The molecule has 2 aliphatic heterocycles. The number of hydrogen-bond acceptors (Lipinski definition) is 5. The molecule has 2 saturated heterocycles. The van der Waals surface area contributed by atoms with E-state index >= 15 is 0 Å². The molecule has 0 spiro atoms. The monoisotopic (exact) mass is 469 g/mol. The van der Waals surface area contributed by atoms with Crippen LogP contribution >= 0.6 is 0 Å². The number of aliphatic hydroxyl groups excluding tert-OH is 1. The Labute approximate surface area is 197 Å². The number of amides is 1. The smallest absolute Gasteiger partial charge is 0.255 e. The number of piperidine rings is 1. The second-order valence-electron chi connectivity index (χ2n) is 9.12. The van der Waals surface area contributed by atoms with Gasteiger partial charge in [-0.2, -0.15) is 5.10 Å². The zero-order chi connectivity index (χ0) is 23.7. The van der Waals surface area contributed by atoms with E-state index in [9.17, 15) is 18.7 Å². The average Bonchev–Trinajstić information content (AvgIpc) is 3.49. The van der Waals surface area contributed by atoms with Crippen molar-refractivity contribution in [2.45, 2.75) is 37.8 Å². The molecule has 2 N–H and O–H groups in total. The van der Waals surface area contributed by atoms with Gasteiger partial charge in [-0.1, -0.05) is 0 Å². The number of rotatable bonds is 6. The summed E-state index contributed by atoms with van der Waals surface area (Å²) in [6.45, 7) is 3.63. The number of hydrogen-bond donors (Lipinski definition) is 2. The predicted octanol–water partition coefficient (Wildman–Crippen LogP) is 3.14. The van der Waals surface area contributed by atoms with Crippen molar-refractivity contribution < 1.29 is 18.7 Å². The Hall–Kier alpha value is -3.04. The summed E-state index contributed by atoms with van der Waals surface area (Å²) in [6.07, 6.45) is 6.25. The lowest BCUT2D eigenvalue weighted by Gasteiger charge is -2.29. The van der Waals surface area contributed by atoms with Crippen molar-refractivity contribution in [3.05, 3.63) is 65.5 Å². The number of carbonyl (C=O) groups excluding carboxylic acids is 1. The van der Waals surface area contributed by atoms with Crippen LogP contribution in [-0.2, 0) is 0 Å². The minimum Gasteiger partial charge on any atom is -0.393 e. The van der Waals surface area contributed by atoms with Crippen LogP contribution in [0.1, 0.15) is 47.6 Å². The third-order valence-corrected chi connectivity index (χ3v) is 6.92. The van der Waals surface area contributed by atoms with Crippen LogP contribution in [0.15, 0.2) is 42.7 Å². The van der Waals surface area contributed by atoms with Crippen molar-refractivity contribution in [2.24, 2.45) is 0 Å². The second-order valence-corrected chi connectivity index (χ2v) is 9.12. The number of carbonyl (C=O) groups is 1. The van der Waals surface area contributed by atoms with E-state index in [-0.39, 0.29) is 18.1 Å². The quantitative estimate of drug-likeness (QED) is 0.580. The Balaban J connectivity index is 1.31. The number of fused-ring (bicyclic) bond motifs is 1.